The fourth-order valence-corrected chi connectivity index (χ4v) is 1.37. The van der Waals surface area contributed by atoms with Crippen molar-refractivity contribution >= 4 is 18.3 Å². The number of hydrogen-bond acceptors (Lipinski definition) is 3. The molecule has 0 aliphatic heterocycles. The third-order valence-electron chi connectivity index (χ3n) is 2.09. The van der Waals surface area contributed by atoms with Gasteiger partial charge >= 0.3 is 0 Å². The molecule has 1 aromatic carbocycles. The van der Waals surface area contributed by atoms with Gasteiger partial charge in [-0.05, 0) is 12.8 Å². The van der Waals surface area contributed by atoms with Crippen molar-refractivity contribution in [3.63, 3.8) is 0 Å². The smallest absolute Gasteiger partial charge is 0.280 e. The van der Waals surface area contributed by atoms with Crippen LogP contribution in [0.4, 0.5) is 10.1 Å². The minimum atomic E-state index is -0.612. The Balaban J connectivity index is 3.47. The second kappa shape index (κ2) is 4.74. The highest BCUT2D eigenvalue weighted by Gasteiger charge is 2.18. The largest absolute Gasteiger partial charge is 0.494 e. The standard InChI is InChI=1S/C11H13FN2O2/c1-13-11(15)8-5-7(12)6-9(14(2)3)10(8)16-4/h5-6H,1H2,2-4H3. The lowest BCUT2D eigenvalue weighted by molar-refractivity contribution is 0.100. The van der Waals surface area contributed by atoms with Gasteiger partial charge in [-0.2, -0.15) is 0 Å². The quantitative estimate of drug-likeness (QED) is 0.734. The molecule has 5 heteroatoms. The Hall–Kier alpha value is -1.91. The van der Waals surface area contributed by atoms with Gasteiger partial charge in [-0.15, -0.1) is 0 Å². The summed E-state index contributed by atoms with van der Waals surface area (Å²) in [5, 5.41) is 0. The van der Waals surface area contributed by atoms with Crippen LogP contribution in [0.5, 0.6) is 5.75 Å². The van der Waals surface area contributed by atoms with E-state index in [1.54, 1.807) is 19.0 Å². The predicted octanol–water partition coefficient (Wildman–Crippen LogP) is 1.74. The van der Waals surface area contributed by atoms with Crippen molar-refractivity contribution < 1.29 is 13.9 Å². The minimum absolute atomic E-state index is 0.0706. The number of anilines is 1. The number of rotatable bonds is 3. The molecule has 0 fully saturated rings. The maximum absolute atomic E-state index is 13.3. The van der Waals surface area contributed by atoms with Gasteiger partial charge in [0.15, 0.2) is 5.75 Å². The van der Waals surface area contributed by atoms with Crippen LogP contribution in [0, 0.1) is 5.82 Å². The van der Waals surface area contributed by atoms with Gasteiger partial charge in [-0.3, -0.25) is 4.79 Å². The highest BCUT2D eigenvalue weighted by atomic mass is 19.1. The van der Waals surface area contributed by atoms with Gasteiger partial charge in [-0.25, -0.2) is 9.38 Å². The molecule has 0 atom stereocenters. The summed E-state index contributed by atoms with van der Waals surface area (Å²) in [6, 6.07) is 2.38. The molecular weight excluding hydrogens is 211 g/mol. The normalized spacial score (nSPS) is 9.75. The molecule has 0 N–H and O–H groups in total. The van der Waals surface area contributed by atoms with E-state index in [0.29, 0.717) is 11.4 Å². The third kappa shape index (κ3) is 2.18. The first-order valence-corrected chi connectivity index (χ1v) is 4.57. The van der Waals surface area contributed by atoms with Crippen LogP contribution in [0.15, 0.2) is 17.1 Å². The fraction of sp³-hybridized carbons (Fsp3) is 0.273. The van der Waals surface area contributed by atoms with Crippen LogP contribution >= 0.6 is 0 Å². The molecule has 0 radical (unpaired) electrons. The lowest BCUT2D eigenvalue weighted by Crippen LogP contribution is -2.13. The molecule has 1 rings (SSSR count). The molecule has 16 heavy (non-hydrogen) atoms. The van der Waals surface area contributed by atoms with E-state index in [4.69, 9.17) is 4.74 Å². The zero-order valence-corrected chi connectivity index (χ0v) is 9.45. The maximum Gasteiger partial charge on any atom is 0.280 e. The van der Waals surface area contributed by atoms with Gasteiger partial charge in [0.25, 0.3) is 5.91 Å². The molecule has 1 amide bonds. The van der Waals surface area contributed by atoms with E-state index in [2.05, 4.69) is 11.7 Å². The minimum Gasteiger partial charge on any atom is -0.494 e. The Labute approximate surface area is 93.4 Å². The fourth-order valence-electron chi connectivity index (χ4n) is 1.37. The van der Waals surface area contributed by atoms with Crippen molar-refractivity contribution in [3.8, 4) is 5.75 Å². The number of nitrogens with zero attached hydrogens (tertiary/aromatic N) is 2. The molecule has 0 unspecified atom stereocenters. The zero-order valence-electron chi connectivity index (χ0n) is 9.45. The Bertz CT molecular complexity index is 430. The first kappa shape index (κ1) is 12.2. The molecule has 4 nitrogen and oxygen atoms in total. The second-order valence-electron chi connectivity index (χ2n) is 3.36. The van der Waals surface area contributed by atoms with Crippen LogP contribution in [0.25, 0.3) is 0 Å². The molecular formula is C11H13FN2O2. The van der Waals surface area contributed by atoms with Crippen LogP contribution in [-0.4, -0.2) is 33.8 Å². The molecule has 0 aliphatic rings. The number of aliphatic imine (C=N–C) groups is 1. The van der Waals surface area contributed by atoms with Crippen LogP contribution < -0.4 is 9.64 Å². The zero-order chi connectivity index (χ0) is 12.3. The molecule has 0 saturated heterocycles. The molecule has 0 aromatic heterocycles. The van der Waals surface area contributed by atoms with Crippen molar-refractivity contribution in [1.29, 1.82) is 0 Å². The average molecular weight is 224 g/mol. The molecule has 86 valence electrons. The van der Waals surface area contributed by atoms with Gasteiger partial charge < -0.3 is 9.64 Å². The summed E-state index contributed by atoms with van der Waals surface area (Å²) in [6.07, 6.45) is 0. The Morgan fingerprint density at radius 2 is 2.12 bits per heavy atom. The van der Waals surface area contributed by atoms with Gasteiger partial charge in [0.1, 0.15) is 5.82 Å². The van der Waals surface area contributed by atoms with Gasteiger partial charge in [-0.1, -0.05) is 0 Å². The van der Waals surface area contributed by atoms with Crippen LogP contribution in [0.3, 0.4) is 0 Å². The van der Waals surface area contributed by atoms with E-state index >= 15 is 0 Å². The molecule has 0 heterocycles. The van der Waals surface area contributed by atoms with Crippen LogP contribution in [-0.2, 0) is 0 Å². The molecule has 1 aromatic rings. The summed E-state index contributed by atoms with van der Waals surface area (Å²) in [7, 11) is 4.87. The van der Waals surface area contributed by atoms with E-state index in [0.717, 1.165) is 6.07 Å². The molecule has 0 bridgehead atoms. The van der Waals surface area contributed by atoms with Crippen molar-refractivity contribution in [1.82, 2.24) is 0 Å². The van der Waals surface area contributed by atoms with Crippen LogP contribution in [0.1, 0.15) is 10.4 Å². The maximum atomic E-state index is 13.3. The number of methoxy groups -OCH3 is 1. The molecule has 0 aliphatic carbocycles. The van der Waals surface area contributed by atoms with E-state index in [1.807, 2.05) is 0 Å². The van der Waals surface area contributed by atoms with Crippen molar-refractivity contribution in [2.24, 2.45) is 4.99 Å². The summed E-state index contributed by atoms with van der Waals surface area (Å²) >= 11 is 0. The van der Waals surface area contributed by atoms with E-state index in [9.17, 15) is 9.18 Å². The number of carbonyl (C=O) groups excluding carboxylic acids is 1. The topological polar surface area (TPSA) is 41.9 Å². The highest BCUT2D eigenvalue weighted by Crippen LogP contribution is 2.32. The van der Waals surface area contributed by atoms with E-state index in [-0.39, 0.29) is 5.56 Å². The van der Waals surface area contributed by atoms with E-state index in [1.165, 1.54) is 13.2 Å². The number of amides is 1. The first-order chi connectivity index (χ1) is 7.51. The number of benzene rings is 1. The third-order valence-corrected chi connectivity index (χ3v) is 2.09. The lowest BCUT2D eigenvalue weighted by Gasteiger charge is -2.18. The van der Waals surface area contributed by atoms with Crippen molar-refractivity contribution in [2.75, 3.05) is 26.1 Å². The number of carbonyl (C=O) groups is 1. The summed E-state index contributed by atoms with van der Waals surface area (Å²) in [6.45, 7) is 3.13. The van der Waals surface area contributed by atoms with E-state index < -0.39 is 11.7 Å². The SMILES string of the molecule is C=NC(=O)c1cc(F)cc(N(C)C)c1OC. The Kier molecular flexibility index (Phi) is 3.60. The Morgan fingerprint density at radius 1 is 1.50 bits per heavy atom. The predicted molar refractivity (Wildman–Crippen MR) is 61.2 cm³/mol. The summed E-state index contributed by atoms with van der Waals surface area (Å²) < 4.78 is 18.4. The van der Waals surface area contributed by atoms with Gasteiger partial charge in [0, 0.05) is 20.2 Å². The molecule has 0 spiro atoms. The van der Waals surface area contributed by atoms with Gasteiger partial charge in [0.2, 0.25) is 0 Å². The van der Waals surface area contributed by atoms with Crippen molar-refractivity contribution in [2.45, 2.75) is 0 Å². The number of hydrogen-bond donors (Lipinski definition) is 0. The lowest BCUT2D eigenvalue weighted by atomic mass is 10.1. The van der Waals surface area contributed by atoms with Crippen LogP contribution in [0.2, 0.25) is 0 Å². The first-order valence-electron chi connectivity index (χ1n) is 4.57. The monoisotopic (exact) mass is 224 g/mol. The number of ether oxygens (including phenoxy) is 1. The summed E-state index contributed by atoms with van der Waals surface area (Å²) in [5.74, 6) is -0.834. The average Bonchev–Trinajstić information content (AvgIpc) is 2.26. The van der Waals surface area contributed by atoms with Gasteiger partial charge in [0.05, 0.1) is 18.4 Å². The Morgan fingerprint density at radius 3 is 2.56 bits per heavy atom. The number of halogens is 1. The second-order valence-corrected chi connectivity index (χ2v) is 3.36. The molecule has 0 saturated carbocycles. The summed E-state index contributed by atoms with van der Waals surface area (Å²) in [5.41, 5.74) is 0.552. The summed E-state index contributed by atoms with van der Waals surface area (Å²) in [4.78, 5) is 16.3. The highest BCUT2D eigenvalue weighted by molar-refractivity contribution is 6.01. The van der Waals surface area contributed by atoms with Crippen molar-refractivity contribution in [3.05, 3.63) is 23.5 Å².